The number of hydrogen-bond acceptors (Lipinski definition) is 2. The third-order valence-electron chi connectivity index (χ3n) is 1.42. The van der Waals surface area contributed by atoms with Crippen LogP contribution in [0.15, 0.2) is 24.8 Å². The van der Waals surface area contributed by atoms with Crippen LogP contribution in [-0.2, 0) is 0 Å². The number of benzene rings is 1. The maximum absolute atomic E-state index is 10.6. The largest absolute Gasteiger partial charge is 0.289 e. The predicted molar refractivity (Wildman–Crippen MR) is 55.9 cm³/mol. The molecule has 0 unspecified atom stereocenters. The summed E-state index contributed by atoms with van der Waals surface area (Å²) >= 11 is 1.94. The lowest BCUT2D eigenvalue weighted by Gasteiger charge is -1.98. The van der Waals surface area contributed by atoms with Gasteiger partial charge in [0.05, 0.1) is 14.1 Å². The molecule has 0 spiro atoms. The van der Waals surface area contributed by atoms with E-state index >= 15 is 0 Å². The van der Waals surface area contributed by atoms with E-state index in [2.05, 4.69) is 6.58 Å². The Bertz CT molecular complexity index is 336. The third-order valence-corrected chi connectivity index (χ3v) is 2.29. The minimum atomic E-state index is -0.390. The highest BCUT2D eigenvalue weighted by atomic mass is 127. The molecule has 0 aliphatic carbocycles. The zero-order chi connectivity index (χ0) is 9.14. The van der Waals surface area contributed by atoms with Crippen LogP contribution in [0, 0.1) is 13.7 Å². The van der Waals surface area contributed by atoms with Gasteiger partial charge in [-0.3, -0.25) is 10.1 Å². The minimum absolute atomic E-state index is 0.133. The first kappa shape index (κ1) is 9.18. The van der Waals surface area contributed by atoms with Crippen LogP contribution in [0.4, 0.5) is 5.69 Å². The Morgan fingerprint density at radius 2 is 2.25 bits per heavy atom. The molecule has 3 nitrogen and oxygen atoms in total. The molecule has 0 atom stereocenters. The Balaban J connectivity index is 3.39. The van der Waals surface area contributed by atoms with E-state index < -0.39 is 4.92 Å². The summed E-state index contributed by atoms with van der Waals surface area (Å²) in [6.07, 6.45) is 1.49. The SMILES string of the molecule is C=Cc1cccc(I)c1[N+](=O)[O-]. The molecule has 0 saturated heterocycles. The van der Waals surface area contributed by atoms with Crippen molar-refractivity contribution in [1.82, 2.24) is 0 Å². The van der Waals surface area contributed by atoms with E-state index in [1.807, 2.05) is 22.6 Å². The highest BCUT2D eigenvalue weighted by Crippen LogP contribution is 2.25. The highest BCUT2D eigenvalue weighted by molar-refractivity contribution is 14.1. The first-order valence-electron chi connectivity index (χ1n) is 3.22. The summed E-state index contributed by atoms with van der Waals surface area (Å²) in [6.45, 7) is 3.51. The molecule has 0 amide bonds. The van der Waals surface area contributed by atoms with Crippen LogP contribution in [0.2, 0.25) is 0 Å². The molecule has 0 saturated carbocycles. The molecule has 0 heterocycles. The Morgan fingerprint density at radius 3 is 2.67 bits per heavy atom. The molecule has 1 aromatic carbocycles. The fraction of sp³-hybridized carbons (Fsp3) is 0. The molecule has 1 rings (SSSR count). The Labute approximate surface area is 83.4 Å². The second-order valence-electron chi connectivity index (χ2n) is 2.14. The second-order valence-corrected chi connectivity index (χ2v) is 3.30. The van der Waals surface area contributed by atoms with Crippen molar-refractivity contribution in [3.63, 3.8) is 0 Å². The molecular formula is C8H6INO2. The number of nitro groups is 1. The normalized spacial score (nSPS) is 9.42. The summed E-state index contributed by atoms with van der Waals surface area (Å²) in [5.74, 6) is 0. The lowest BCUT2D eigenvalue weighted by atomic mass is 10.2. The highest BCUT2D eigenvalue weighted by Gasteiger charge is 2.14. The van der Waals surface area contributed by atoms with Crippen LogP contribution in [0.1, 0.15) is 5.56 Å². The van der Waals surface area contributed by atoms with Gasteiger partial charge in [0.25, 0.3) is 5.69 Å². The third kappa shape index (κ3) is 1.63. The lowest BCUT2D eigenvalue weighted by molar-refractivity contribution is -0.386. The van der Waals surface area contributed by atoms with Crippen LogP contribution in [0.3, 0.4) is 0 Å². The van der Waals surface area contributed by atoms with E-state index in [9.17, 15) is 10.1 Å². The summed E-state index contributed by atoms with van der Waals surface area (Å²) < 4.78 is 0.634. The second kappa shape index (κ2) is 3.66. The van der Waals surface area contributed by atoms with E-state index in [1.54, 1.807) is 18.2 Å². The van der Waals surface area contributed by atoms with Crippen molar-refractivity contribution < 1.29 is 4.92 Å². The summed E-state index contributed by atoms with van der Waals surface area (Å²) in [4.78, 5) is 10.2. The van der Waals surface area contributed by atoms with E-state index in [4.69, 9.17) is 0 Å². The quantitative estimate of drug-likeness (QED) is 0.473. The molecule has 0 fully saturated rings. The standard InChI is InChI=1S/C8H6INO2/c1-2-6-4-3-5-7(9)8(6)10(11)12/h2-5H,1H2. The predicted octanol–water partition coefficient (Wildman–Crippen LogP) is 2.84. The summed E-state index contributed by atoms with van der Waals surface area (Å²) in [5, 5.41) is 10.6. The van der Waals surface area contributed by atoms with Gasteiger partial charge in [-0.15, -0.1) is 0 Å². The Kier molecular flexibility index (Phi) is 2.80. The monoisotopic (exact) mass is 275 g/mol. The van der Waals surface area contributed by atoms with Crippen molar-refractivity contribution in [2.45, 2.75) is 0 Å². The van der Waals surface area contributed by atoms with E-state index in [-0.39, 0.29) is 5.69 Å². The molecule has 0 bridgehead atoms. The van der Waals surface area contributed by atoms with E-state index in [0.29, 0.717) is 9.13 Å². The number of rotatable bonds is 2. The van der Waals surface area contributed by atoms with Gasteiger partial charge < -0.3 is 0 Å². The zero-order valence-electron chi connectivity index (χ0n) is 6.16. The number of para-hydroxylation sites is 1. The van der Waals surface area contributed by atoms with Gasteiger partial charge in [-0.05, 0) is 34.7 Å². The molecule has 0 aromatic heterocycles. The van der Waals surface area contributed by atoms with Gasteiger partial charge in [-0.1, -0.05) is 18.7 Å². The van der Waals surface area contributed by atoms with Gasteiger partial charge in [0, 0.05) is 0 Å². The van der Waals surface area contributed by atoms with Gasteiger partial charge in [-0.25, -0.2) is 0 Å². The van der Waals surface area contributed by atoms with Crippen LogP contribution in [0.25, 0.3) is 6.08 Å². The van der Waals surface area contributed by atoms with E-state index in [0.717, 1.165) is 0 Å². The van der Waals surface area contributed by atoms with Gasteiger partial charge in [0.1, 0.15) is 0 Å². The van der Waals surface area contributed by atoms with Crippen LogP contribution >= 0.6 is 22.6 Å². The van der Waals surface area contributed by atoms with Crippen LogP contribution in [-0.4, -0.2) is 4.92 Å². The van der Waals surface area contributed by atoms with Crippen LogP contribution < -0.4 is 0 Å². The van der Waals surface area contributed by atoms with Crippen LogP contribution in [0.5, 0.6) is 0 Å². The first-order valence-corrected chi connectivity index (χ1v) is 4.30. The number of halogens is 1. The Morgan fingerprint density at radius 1 is 1.58 bits per heavy atom. The van der Waals surface area contributed by atoms with Gasteiger partial charge >= 0.3 is 0 Å². The van der Waals surface area contributed by atoms with Crippen molar-refractivity contribution >= 4 is 34.4 Å². The fourth-order valence-electron chi connectivity index (χ4n) is 0.889. The fourth-order valence-corrected chi connectivity index (χ4v) is 1.61. The maximum Gasteiger partial charge on any atom is 0.289 e. The maximum atomic E-state index is 10.6. The van der Waals surface area contributed by atoms with Gasteiger partial charge in [0.15, 0.2) is 0 Å². The van der Waals surface area contributed by atoms with Crippen molar-refractivity contribution in [2.24, 2.45) is 0 Å². The molecule has 0 aliphatic heterocycles. The number of nitrogens with zero attached hydrogens (tertiary/aromatic N) is 1. The summed E-state index contributed by atoms with van der Waals surface area (Å²) in [5.41, 5.74) is 0.694. The summed E-state index contributed by atoms with van der Waals surface area (Å²) in [7, 11) is 0. The minimum Gasteiger partial charge on any atom is -0.258 e. The molecular weight excluding hydrogens is 269 g/mol. The molecule has 0 aliphatic rings. The Hall–Kier alpha value is -0.910. The smallest absolute Gasteiger partial charge is 0.258 e. The molecule has 1 aromatic rings. The molecule has 12 heavy (non-hydrogen) atoms. The average Bonchev–Trinajstić information content (AvgIpc) is 2.03. The van der Waals surface area contributed by atoms with Crippen molar-refractivity contribution in [1.29, 1.82) is 0 Å². The van der Waals surface area contributed by atoms with Gasteiger partial charge in [0.2, 0.25) is 0 Å². The molecule has 0 N–H and O–H groups in total. The topological polar surface area (TPSA) is 43.1 Å². The van der Waals surface area contributed by atoms with Crippen molar-refractivity contribution in [2.75, 3.05) is 0 Å². The van der Waals surface area contributed by atoms with Crippen molar-refractivity contribution in [3.05, 3.63) is 44.0 Å². The number of hydrogen-bond donors (Lipinski definition) is 0. The first-order chi connectivity index (χ1) is 5.66. The molecule has 62 valence electrons. The average molecular weight is 275 g/mol. The van der Waals surface area contributed by atoms with Gasteiger partial charge in [-0.2, -0.15) is 0 Å². The number of nitro benzene ring substituents is 1. The molecule has 0 radical (unpaired) electrons. The summed E-state index contributed by atoms with van der Waals surface area (Å²) in [6, 6.07) is 5.14. The molecule has 4 heteroatoms. The van der Waals surface area contributed by atoms with Crippen molar-refractivity contribution in [3.8, 4) is 0 Å². The zero-order valence-corrected chi connectivity index (χ0v) is 8.32. The van der Waals surface area contributed by atoms with E-state index in [1.165, 1.54) is 6.08 Å². The lowest BCUT2D eigenvalue weighted by Crippen LogP contribution is -1.93.